The lowest BCUT2D eigenvalue weighted by Crippen LogP contribution is -2.29. The fraction of sp³-hybridized carbons (Fsp3) is 0.0417. The number of H-pyrrole nitrogens is 1. The number of nitrogens with zero attached hydrogens (tertiary/aromatic N) is 2. The highest BCUT2D eigenvalue weighted by molar-refractivity contribution is 6.30. The van der Waals surface area contributed by atoms with Gasteiger partial charge < -0.3 is 5.11 Å². The van der Waals surface area contributed by atoms with Crippen LogP contribution in [0.5, 0.6) is 0 Å². The van der Waals surface area contributed by atoms with Gasteiger partial charge in [-0.05, 0) is 42.0 Å². The summed E-state index contributed by atoms with van der Waals surface area (Å²) < 4.78 is 0. The number of hydrogen-bond acceptors (Lipinski definition) is 3. The summed E-state index contributed by atoms with van der Waals surface area (Å²) in [6.45, 7) is 0. The van der Waals surface area contributed by atoms with E-state index in [1.807, 2.05) is 42.5 Å². The van der Waals surface area contributed by atoms with E-state index >= 15 is 0 Å². The second kappa shape index (κ2) is 7.41. The number of aromatic nitrogens is 2. The second-order valence-electron chi connectivity index (χ2n) is 7.21. The minimum atomic E-state index is -1.02. The van der Waals surface area contributed by atoms with Gasteiger partial charge in [0, 0.05) is 21.8 Å². The second-order valence-corrected chi connectivity index (χ2v) is 7.64. The number of anilines is 1. The monoisotopic (exact) mass is 429 g/mol. The molecule has 1 aliphatic rings. The van der Waals surface area contributed by atoms with Crippen molar-refractivity contribution in [2.24, 2.45) is 0 Å². The van der Waals surface area contributed by atoms with Crippen LogP contribution in [0.2, 0.25) is 5.02 Å². The number of aromatic carboxylic acids is 1. The Hall–Kier alpha value is -3.90. The molecule has 0 bridgehead atoms. The Kier molecular flexibility index (Phi) is 4.56. The van der Waals surface area contributed by atoms with Crippen LogP contribution < -0.4 is 4.90 Å². The molecule has 3 aromatic carbocycles. The number of carboxylic acids is 1. The quantitative estimate of drug-likeness (QED) is 0.468. The summed E-state index contributed by atoms with van der Waals surface area (Å²) in [5.41, 5.74) is 4.42. The molecule has 0 unspecified atom stereocenters. The summed E-state index contributed by atoms with van der Waals surface area (Å²) >= 11 is 6.10. The third-order valence-electron chi connectivity index (χ3n) is 5.39. The van der Waals surface area contributed by atoms with Crippen molar-refractivity contribution in [1.29, 1.82) is 0 Å². The Morgan fingerprint density at radius 2 is 1.65 bits per heavy atom. The lowest BCUT2D eigenvalue weighted by molar-refractivity contribution is 0.0696. The lowest BCUT2D eigenvalue weighted by Gasteiger charge is -2.26. The Bertz CT molecular complexity index is 1280. The molecule has 6 nitrogen and oxygen atoms in total. The topological polar surface area (TPSA) is 86.3 Å². The van der Waals surface area contributed by atoms with Crippen LogP contribution >= 0.6 is 11.6 Å². The van der Waals surface area contributed by atoms with Crippen LogP contribution in [-0.4, -0.2) is 27.2 Å². The minimum absolute atomic E-state index is 0.156. The number of aromatic amines is 1. The van der Waals surface area contributed by atoms with E-state index in [0.29, 0.717) is 22.1 Å². The van der Waals surface area contributed by atoms with Crippen molar-refractivity contribution in [2.75, 3.05) is 4.90 Å². The van der Waals surface area contributed by atoms with Gasteiger partial charge in [0.2, 0.25) is 0 Å². The molecule has 2 N–H and O–H groups in total. The van der Waals surface area contributed by atoms with E-state index in [9.17, 15) is 14.7 Å². The van der Waals surface area contributed by atoms with Crippen LogP contribution in [0.1, 0.15) is 38.0 Å². The van der Waals surface area contributed by atoms with Crippen LogP contribution in [0.25, 0.3) is 11.3 Å². The number of carboxylic acid groups (broad SMARTS) is 1. The standard InChI is InChI=1S/C24H16ClN3O3/c25-17-10-6-15(7-11-17)22-19-20(14-4-2-1-3-5-14)26-27-21(19)23(29)28(22)18-12-8-16(9-13-18)24(30)31/h1-13,22H,(H,26,27)(H,30,31)/t22-/m0/s1. The molecule has 1 amide bonds. The average molecular weight is 430 g/mol. The largest absolute Gasteiger partial charge is 0.478 e. The molecule has 152 valence electrons. The smallest absolute Gasteiger partial charge is 0.335 e. The van der Waals surface area contributed by atoms with Crippen LogP contribution in [0.4, 0.5) is 5.69 Å². The molecule has 1 aromatic heterocycles. The lowest BCUT2D eigenvalue weighted by atomic mass is 9.96. The number of benzene rings is 3. The summed E-state index contributed by atoms with van der Waals surface area (Å²) in [6.07, 6.45) is 0. The molecule has 4 aromatic rings. The molecular weight excluding hydrogens is 414 g/mol. The number of halogens is 1. The molecule has 0 fully saturated rings. The summed E-state index contributed by atoms with van der Waals surface area (Å²) in [5.74, 6) is -1.25. The van der Waals surface area contributed by atoms with Crippen LogP contribution in [0, 0.1) is 0 Å². The van der Waals surface area contributed by atoms with Crippen molar-refractivity contribution in [3.63, 3.8) is 0 Å². The van der Waals surface area contributed by atoms with Crippen molar-refractivity contribution in [3.8, 4) is 11.3 Å². The first-order chi connectivity index (χ1) is 15.0. The summed E-state index contributed by atoms with van der Waals surface area (Å²) in [5, 5.41) is 17.2. The number of rotatable bonds is 4. The molecule has 1 aliphatic heterocycles. The number of hydrogen-bond donors (Lipinski definition) is 2. The van der Waals surface area contributed by atoms with Crippen molar-refractivity contribution in [1.82, 2.24) is 10.2 Å². The molecule has 2 heterocycles. The van der Waals surface area contributed by atoms with Crippen molar-refractivity contribution in [3.05, 3.63) is 106 Å². The zero-order chi connectivity index (χ0) is 21.5. The van der Waals surface area contributed by atoms with Crippen molar-refractivity contribution < 1.29 is 14.7 Å². The fourth-order valence-electron chi connectivity index (χ4n) is 3.95. The van der Waals surface area contributed by atoms with Crippen molar-refractivity contribution in [2.45, 2.75) is 6.04 Å². The van der Waals surface area contributed by atoms with E-state index in [4.69, 9.17) is 11.6 Å². The van der Waals surface area contributed by atoms with E-state index in [1.54, 1.807) is 29.2 Å². The Balaban J connectivity index is 1.69. The molecular formula is C24H16ClN3O3. The third kappa shape index (κ3) is 3.17. The molecule has 1 atom stereocenters. The molecule has 0 aliphatic carbocycles. The van der Waals surface area contributed by atoms with Crippen molar-refractivity contribution >= 4 is 29.2 Å². The maximum atomic E-state index is 13.4. The van der Waals surface area contributed by atoms with E-state index in [0.717, 1.165) is 16.7 Å². The maximum absolute atomic E-state index is 13.4. The Morgan fingerprint density at radius 1 is 0.968 bits per heavy atom. The van der Waals surface area contributed by atoms with Gasteiger partial charge in [0.15, 0.2) is 0 Å². The maximum Gasteiger partial charge on any atom is 0.335 e. The van der Waals surface area contributed by atoms with Gasteiger partial charge in [-0.1, -0.05) is 54.1 Å². The highest BCUT2D eigenvalue weighted by Crippen LogP contribution is 2.45. The summed E-state index contributed by atoms with van der Waals surface area (Å²) in [7, 11) is 0. The SMILES string of the molecule is O=C(O)c1ccc(N2C(=O)c3[nH]nc(-c4ccccc4)c3[C@@H]2c2ccc(Cl)cc2)cc1. The van der Waals surface area contributed by atoms with E-state index in [2.05, 4.69) is 10.2 Å². The zero-order valence-corrected chi connectivity index (χ0v) is 16.9. The highest BCUT2D eigenvalue weighted by atomic mass is 35.5. The molecule has 0 spiro atoms. The first-order valence-electron chi connectivity index (χ1n) is 9.60. The van der Waals surface area contributed by atoms with E-state index in [-0.39, 0.29) is 11.5 Å². The molecule has 0 saturated heterocycles. The number of carbonyl (C=O) groups is 2. The van der Waals surface area contributed by atoms with Gasteiger partial charge in [0.05, 0.1) is 17.3 Å². The zero-order valence-electron chi connectivity index (χ0n) is 16.1. The first kappa shape index (κ1) is 19.1. The predicted molar refractivity (Wildman–Crippen MR) is 118 cm³/mol. The Labute approximate surface area is 182 Å². The molecule has 5 rings (SSSR count). The van der Waals surface area contributed by atoms with Crippen LogP contribution in [0.3, 0.4) is 0 Å². The number of nitrogens with one attached hydrogen (secondary N) is 1. The third-order valence-corrected chi connectivity index (χ3v) is 5.65. The van der Waals surface area contributed by atoms with Gasteiger partial charge in [-0.25, -0.2) is 4.79 Å². The van der Waals surface area contributed by atoms with E-state index in [1.165, 1.54) is 12.1 Å². The first-order valence-corrected chi connectivity index (χ1v) is 9.98. The molecule has 31 heavy (non-hydrogen) atoms. The van der Waals surface area contributed by atoms with Crippen LogP contribution in [0.15, 0.2) is 78.9 Å². The minimum Gasteiger partial charge on any atom is -0.478 e. The van der Waals surface area contributed by atoms with Gasteiger partial charge in [-0.15, -0.1) is 0 Å². The van der Waals surface area contributed by atoms with Gasteiger partial charge in [-0.2, -0.15) is 5.10 Å². The number of amides is 1. The number of fused-ring (bicyclic) bond motifs is 1. The molecule has 0 saturated carbocycles. The Morgan fingerprint density at radius 3 is 2.29 bits per heavy atom. The predicted octanol–water partition coefficient (Wildman–Crippen LogP) is 5.18. The van der Waals surface area contributed by atoms with Gasteiger partial charge in [0.1, 0.15) is 5.69 Å². The average Bonchev–Trinajstić information content (AvgIpc) is 3.34. The van der Waals surface area contributed by atoms with Gasteiger partial charge in [0.25, 0.3) is 5.91 Å². The van der Waals surface area contributed by atoms with E-state index < -0.39 is 12.0 Å². The summed E-state index contributed by atoms with van der Waals surface area (Å²) in [6, 6.07) is 22.8. The highest BCUT2D eigenvalue weighted by Gasteiger charge is 2.43. The molecule has 7 heteroatoms. The normalized spacial score (nSPS) is 15.2. The fourth-order valence-corrected chi connectivity index (χ4v) is 4.08. The number of carbonyl (C=O) groups excluding carboxylic acids is 1. The molecule has 0 radical (unpaired) electrons. The van der Waals surface area contributed by atoms with Gasteiger partial charge in [-0.3, -0.25) is 14.8 Å². The van der Waals surface area contributed by atoms with Crippen LogP contribution in [-0.2, 0) is 0 Å². The summed E-state index contributed by atoms with van der Waals surface area (Å²) in [4.78, 5) is 26.3. The van der Waals surface area contributed by atoms with Gasteiger partial charge >= 0.3 is 5.97 Å².